The van der Waals surface area contributed by atoms with Gasteiger partial charge in [-0.2, -0.15) is 0 Å². The molecule has 0 saturated heterocycles. The summed E-state index contributed by atoms with van der Waals surface area (Å²) in [4.78, 5) is 8.62. The smallest absolute Gasteiger partial charge is 0.154 e. The molecule has 0 aliphatic rings. The summed E-state index contributed by atoms with van der Waals surface area (Å²) in [6.45, 7) is 7.87. The van der Waals surface area contributed by atoms with Gasteiger partial charge in [0.2, 0.25) is 0 Å². The molecule has 1 aromatic rings. The highest BCUT2D eigenvalue weighted by Crippen LogP contribution is 2.13. The van der Waals surface area contributed by atoms with E-state index in [9.17, 15) is 8.42 Å². The van der Waals surface area contributed by atoms with Crippen molar-refractivity contribution in [3.8, 4) is 0 Å². The largest absolute Gasteiger partial charge is 0.317 e. The molecule has 0 aromatic carbocycles. The van der Waals surface area contributed by atoms with E-state index in [0.29, 0.717) is 5.82 Å². The number of nitrogens with one attached hydrogen (secondary N) is 1. The lowest BCUT2D eigenvalue weighted by molar-refractivity contribution is 0.599. The zero-order chi connectivity index (χ0) is 14.5. The molecule has 1 aromatic heterocycles. The van der Waals surface area contributed by atoms with Crippen LogP contribution in [0, 0.1) is 13.8 Å². The van der Waals surface area contributed by atoms with E-state index < -0.39 is 9.84 Å². The highest BCUT2D eigenvalue weighted by Gasteiger charge is 2.12. The van der Waals surface area contributed by atoms with Gasteiger partial charge in [0.25, 0.3) is 0 Å². The number of rotatable bonds is 7. The quantitative estimate of drug-likeness (QED) is 0.762. The molecule has 108 valence electrons. The van der Waals surface area contributed by atoms with Gasteiger partial charge in [-0.1, -0.05) is 6.92 Å². The van der Waals surface area contributed by atoms with E-state index in [1.54, 1.807) is 0 Å². The first-order chi connectivity index (χ1) is 8.83. The van der Waals surface area contributed by atoms with Gasteiger partial charge in [-0.15, -0.1) is 0 Å². The third kappa shape index (κ3) is 5.65. The maximum absolute atomic E-state index is 11.3. The summed E-state index contributed by atoms with van der Waals surface area (Å²) in [7, 11) is -3.08. The Balaban J connectivity index is 2.80. The molecule has 5 nitrogen and oxygen atoms in total. The van der Waals surface area contributed by atoms with E-state index in [1.807, 2.05) is 13.8 Å². The molecule has 0 saturated carbocycles. The molecule has 0 bridgehead atoms. The topological polar surface area (TPSA) is 72.0 Å². The van der Waals surface area contributed by atoms with Crippen LogP contribution >= 0.6 is 0 Å². The van der Waals surface area contributed by atoms with Crippen molar-refractivity contribution >= 4 is 9.84 Å². The van der Waals surface area contributed by atoms with Crippen LogP contribution in [0.25, 0.3) is 0 Å². The zero-order valence-corrected chi connectivity index (χ0v) is 13.0. The highest BCUT2D eigenvalue weighted by molar-refractivity contribution is 7.89. The van der Waals surface area contributed by atoms with Gasteiger partial charge in [0.15, 0.2) is 9.84 Å². The van der Waals surface area contributed by atoms with Crippen LogP contribution in [-0.4, -0.2) is 37.7 Å². The summed E-state index contributed by atoms with van der Waals surface area (Å²) in [5, 5.41) is 3.28. The first-order valence-corrected chi connectivity index (χ1v) is 8.61. The van der Waals surface area contributed by atoms with Crippen LogP contribution in [0.1, 0.15) is 36.1 Å². The summed E-state index contributed by atoms with van der Waals surface area (Å²) < 4.78 is 22.5. The normalized spacial score (nSPS) is 11.8. The minimum Gasteiger partial charge on any atom is -0.317 e. The summed E-state index contributed by atoms with van der Waals surface area (Å²) in [6.07, 6.45) is 3.15. The van der Waals surface area contributed by atoms with Crippen molar-refractivity contribution in [3.63, 3.8) is 0 Å². The summed E-state index contributed by atoms with van der Waals surface area (Å²) in [5.74, 6) is 0.305. The number of nitrogens with zero attached hydrogens (tertiary/aromatic N) is 2. The zero-order valence-electron chi connectivity index (χ0n) is 12.2. The van der Waals surface area contributed by atoms with Crippen LogP contribution < -0.4 is 5.32 Å². The lowest BCUT2D eigenvalue weighted by Crippen LogP contribution is -2.16. The number of aryl methyl sites for hydroxylation is 2. The van der Waals surface area contributed by atoms with Crippen molar-refractivity contribution in [3.05, 3.63) is 22.8 Å². The second kappa shape index (κ2) is 6.96. The Bertz CT molecular complexity index is 504. The molecular formula is C13H23N3O2S. The molecule has 0 spiro atoms. The SMILES string of the molecule is CCNCCCc1c(C)nc(CS(C)(=O)=O)nc1C. The summed E-state index contributed by atoms with van der Waals surface area (Å²) >= 11 is 0. The predicted molar refractivity (Wildman–Crippen MR) is 76.9 cm³/mol. The van der Waals surface area contributed by atoms with Crippen molar-refractivity contribution in [2.24, 2.45) is 0 Å². The van der Waals surface area contributed by atoms with Gasteiger partial charge in [-0.25, -0.2) is 18.4 Å². The van der Waals surface area contributed by atoms with Crippen LogP contribution in [0.3, 0.4) is 0 Å². The van der Waals surface area contributed by atoms with E-state index in [-0.39, 0.29) is 5.75 Å². The molecule has 6 heteroatoms. The second-order valence-electron chi connectivity index (χ2n) is 4.82. The van der Waals surface area contributed by atoms with Crippen LogP contribution in [-0.2, 0) is 22.0 Å². The van der Waals surface area contributed by atoms with E-state index in [0.717, 1.165) is 42.9 Å². The molecule has 0 radical (unpaired) electrons. The Morgan fingerprint density at radius 2 is 1.74 bits per heavy atom. The van der Waals surface area contributed by atoms with Crippen molar-refractivity contribution in [2.75, 3.05) is 19.3 Å². The van der Waals surface area contributed by atoms with Gasteiger partial charge in [-0.05, 0) is 45.3 Å². The standard InChI is InChI=1S/C13H23N3O2S/c1-5-14-8-6-7-12-10(2)15-13(16-11(12)3)9-19(4,17)18/h14H,5-9H2,1-4H3. The second-order valence-corrected chi connectivity index (χ2v) is 6.96. The number of aromatic nitrogens is 2. The lowest BCUT2D eigenvalue weighted by Gasteiger charge is -2.10. The van der Waals surface area contributed by atoms with Crippen LogP contribution in [0.4, 0.5) is 0 Å². The predicted octanol–water partition coefficient (Wildman–Crippen LogP) is 1.18. The Kier molecular flexibility index (Phi) is 5.87. The Hall–Kier alpha value is -1.01. The Labute approximate surface area is 115 Å². The molecule has 1 heterocycles. The van der Waals surface area contributed by atoms with Crippen LogP contribution in [0.5, 0.6) is 0 Å². The molecular weight excluding hydrogens is 262 g/mol. The average molecular weight is 285 g/mol. The highest BCUT2D eigenvalue weighted by atomic mass is 32.2. The maximum atomic E-state index is 11.3. The first-order valence-electron chi connectivity index (χ1n) is 6.55. The third-order valence-electron chi connectivity index (χ3n) is 2.89. The van der Waals surface area contributed by atoms with E-state index in [1.165, 1.54) is 6.26 Å². The maximum Gasteiger partial charge on any atom is 0.154 e. The molecule has 0 fully saturated rings. The van der Waals surface area contributed by atoms with E-state index in [2.05, 4.69) is 22.2 Å². The molecule has 0 aliphatic heterocycles. The van der Waals surface area contributed by atoms with Crippen molar-refractivity contribution in [1.29, 1.82) is 0 Å². The van der Waals surface area contributed by atoms with E-state index in [4.69, 9.17) is 0 Å². The monoisotopic (exact) mass is 285 g/mol. The number of sulfone groups is 1. The van der Waals surface area contributed by atoms with Gasteiger partial charge >= 0.3 is 0 Å². The van der Waals surface area contributed by atoms with Gasteiger partial charge in [0, 0.05) is 17.6 Å². The lowest BCUT2D eigenvalue weighted by atomic mass is 10.1. The Morgan fingerprint density at radius 3 is 2.21 bits per heavy atom. The minimum absolute atomic E-state index is 0.0909. The number of hydrogen-bond donors (Lipinski definition) is 1. The van der Waals surface area contributed by atoms with Crippen LogP contribution in [0.2, 0.25) is 0 Å². The first kappa shape index (κ1) is 16.0. The van der Waals surface area contributed by atoms with Gasteiger partial charge in [-0.3, -0.25) is 0 Å². The van der Waals surface area contributed by atoms with Crippen molar-refractivity contribution in [1.82, 2.24) is 15.3 Å². The average Bonchev–Trinajstić information content (AvgIpc) is 2.24. The molecule has 19 heavy (non-hydrogen) atoms. The summed E-state index contributed by atoms with van der Waals surface area (Å²) in [6, 6.07) is 0. The fourth-order valence-electron chi connectivity index (χ4n) is 2.04. The molecule has 0 atom stereocenters. The fourth-order valence-corrected chi connectivity index (χ4v) is 2.63. The fraction of sp³-hybridized carbons (Fsp3) is 0.692. The van der Waals surface area contributed by atoms with Crippen molar-refractivity contribution < 1.29 is 8.42 Å². The minimum atomic E-state index is -3.08. The Morgan fingerprint density at radius 1 is 1.16 bits per heavy atom. The van der Waals surface area contributed by atoms with Crippen molar-refractivity contribution in [2.45, 2.75) is 39.4 Å². The van der Waals surface area contributed by atoms with Gasteiger partial charge in [0.05, 0.1) is 0 Å². The molecule has 1 rings (SSSR count). The molecule has 0 unspecified atom stereocenters. The molecule has 1 N–H and O–H groups in total. The summed E-state index contributed by atoms with van der Waals surface area (Å²) in [5.41, 5.74) is 2.92. The van der Waals surface area contributed by atoms with Gasteiger partial charge in [0.1, 0.15) is 11.6 Å². The van der Waals surface area contributed by atoms with Crippen LogP contribution in [0.15, 0.2) is 0 Å². The van der Waals surface area contributed by atoms with E-state index >= 15 is 0 Å². The van der Waals surface area contributed by atoms with Gasteiger partial charge < -0.3 is 5.32 Å². The number of hydrogen-bond acceptors (Lipinski definition) is 5. The third-order valence-corrected chi connectivity index (χ3v) is 3.67. The molecule has 0 aliphatic carbocycles. The molecule has 0 amide bonds.